The maximum absolute atomic E-state index is 5.68. The molecule has 2 fully saturated rings. The van der Waals surface area contributed by atoms with E-state index in [-0.39, 0.29) is 5.60 Å². The summed E-state index contributed by atoms with van der Waals surface area (Å²) in [4.78, 5) is 0. The Kier molecular flexibility index (Phi) is 1.44. The number of fused-ring (bicyclic) bond motifs is 2. The van der Waals surface area contributed by atoms with Crippen LogP contribution in [0.2, 0.25) is 0 Å². The summed E-state index contributed by atoms with van der Waals surface area (Å²) in [5, 5.41) is 0. The molecule has 2 atom stereocenters. The zero-order valence-corrected chi connectivity index (χ0v) is 6.01. The molecule has 2 N–H and O–H groups in total. The minimum atomic E-state index is -0.108. The topological polar surface area (TPSA) is 44.5 Å². The van der Waals surface area contributed by atoms with Crippen LogP contribution in [0.5, 0.6) is 0 Å². The van der Waals surface area contributed by atoms with Gasteiger partial charge in [-0.1, -0.05) is 0 Å². The summed E-state index contributed by atoms with van der Waals surface area (Å²) in [7, 11) is 0. The number of hydrogen-bond acceptors (Lipinski definition) is 3. The third-order valence-electron chi connectivity index (χ3n) is 2.38. The van der Waals surface area contributed by atoms with E-state index in [0.717, 1.165) is 19.4 Å². The second-order valence-corrected chi connectivity index (χ2v) is 3.18. The van der Waals surface area contributed by atoms with Gasteiger partial charge < -0.3 is 15.2 Å². The molecule has 2 saturated heterocycles. The molecule has 2 bridgehead atoms. The summed E-state index contributed by atoms with van der Waals surface area (Å²) in [6, 6.07) is 0. The quantitative estimate of drug-likeness (QED) is 0.557. The number of hydrogen-bond donors (Lipinski definition) is 1. The average molecular weight is 143 g/mol. The molecular formula is C7H13NO2. The van der Waals surface area contributed by atoms with E-state index in [4.69, 9.17) is 15.2 Å². The Labute approximate surface area is 60.5 Å². The van der Waals surface area contributed by atoms with Crippen LogP contribution in [0.15, 0.2) is 0 Å². The Morgan fingerprint density at radius 2 is 2.50 bits per heavy atom. The first-order chi connectivity index (χ1) is 4.85. The zero-order valence-electron chi connectivity index (χ0n) is 6.01. The van der Waals surface area contributed by atoms with Gasteiger partial charge in [-0.2, -0.15) is 0 Å². The Morgan fingerprint density at radius 1 is 1.60 bits per heavy atom. The maximum Gasteiger partial charge on any atom is 0.104 e. The highest BCUT2D eigenvalue weighted by Gasteiger charge is 2.42. The summed E-state index contributed by atoms with van der Waals surface area (Å²) >= 11 is 0. The first-order valence-corrected chi connectivity index (χ1v) is 3.80. The van der Waals surface area contributed by atoms with Gasteiger partial charge in [0.15, 0.2) is 0 Å². The van der Waals surface area contributed by atoms with Gasteiger partial charge in [0.05, 0.1) is 19.3 Å². The van der Waals surface area contributed by atoms with Crippen molar-refractivity contribution >= 4 is 0 Å². The summed E-state index contributed by atoms with van der Waals surface area (Å²) in [5.41, 5.74) is 5.46. The molecule has 3 nitrogen and oxygen atoms in total. The maximum atomic E-state index is 5.68. The molecule has 0 saturated carbocycles. The predicted molar refractivity (Wildman–Crippen MR) is 36.7 cm³/mol. The lowest BCUT2D eigenvalue weighted by Crippen LogP contribution is -2.46. The number of ether oxygens (including phenoxy) is 2. The van der Waals surface area contributed by atoms with Gasteiger partial charge in [-0.25, -0.2) is 0 Å². The Balaban J connectivity index is 2.10. The summed E-state index contributed by atoms with van der Waals surface area (Å²) in [6.45, 7) is 2.06. The zero-order chi connectivity index (χ0) is 7.03. The molecule has 2 aliphatic rings. The standard InChI is InChI=1S/C7H13NO2/c8-4-7-2-1-6(10-7)3-9-5-7/h6H,1-5,8H2. The van der Waals surface area contributed by atoms with Gasteiger partial charge in [0.2, 0.25) is 0 Å². The molecule has 58 valence electrons. The van der Waals surface area contributed by atoms with Crippen molar-refractivity contribution in [3.63, 3.8) is 0 Å². The molecule has 0 radical (unpaired) electrons. The molecule has 3 heteroatoms. The molecule has 0 aromatic rings. The van der Waals surface area contributed by atoms with Crippen LogP contribution in [0, 0.1) is 0 Å². The molecule has 0 aliphatic carbocycles. The van der Waals surface area contributed by atoms with Crippen molar-refractivity contribution in [1.82, 2.24) is 0 Å². The van der Waals surface area contributed by atoms with Crippen molar-refractivity contribution in [2.45, 2.75) is 24.5 Å². The van der Waals surface area contributed by atoms with Crippen LogP contribution < -0.4 is 5.73 Å². The molecule has 2 unspecified atom stereocenters. The third-order valence-corrected chi connectivity index (χ3v) is 2.38. The van der Waals surface area contributed by atoms with E-state index >= 15 is 0 Å². The summed E-state index contributed by atoms with van der Waals surface area (Å²) < 4.78 is 11.0. The van der Waals surface area contributed by atoms with E-state index in [1.54, 1.807) is 0 Å². The first-order valence-electron chi connectivity index (χ1n) is 3.80. The van der Waals surface area contributed by atoms with Crippen molar-refractivity contribution in [2.24, 2.45) is 5.73 Å². The van der Waals surface area contributed by atoms with E-state index in [1.807, 2.05) is 0 Å². The fraction of sp³-hybridized carbons (Fsp3) is 1.00. The average Bonchev–Trinajstić information content (AvgIpc) is 2.29. The second-order valence-electron chi connectivity index (χ2n) is 3.18. The first kappa shape index (κ1) is 6.58. The number of rotatable bonds is 1. The molecular weight excluding hydrogens is 130 g/mol. The highest BCUT2D eigenvalue weighted by molar-refractivity contribution is 4.92. The molecule has 2 aliphatic heterocycles. The SMILES string of the molecule is NCC12CCC(COC1)O2. The Bertz CT molecular complexity index is 136. The molecule has 2 heterocycles. The fourth-order valence-corrected chi connectivity index (χ4v) is 1.70. The lowest BCUT2D eigenvalue weighted by atomic mass is 10.0. The van der Waals surface area contributed by atoms with Gasteiger partial charge in [0.25, 0.3) is 0 Å². The van der Waals surface area contributed by atoms with Crippen LogP contribution in [0.25, 0.3) is 0 Å². The van der Waals surface area contributed by atoms with Gasteiger partial charge in [0, 0.05) is 6.54 Å². The van der Waals surface area contributed by atoms with Gasteiger partial charge in [-0.15, -0.1) is 0 Å². The minimum Gasteiger partial charge on any atom is -0.376 e. The van der Waals surface area contributed by atoms with Crippen molar-refractivity contribution in [1.29, 1.82) is 0 Å². The van der Waals surface area contributed by atoms with Crippen molar-refractivity contribution in [3.8, 4) is 0 Å². The van der Waals surface area contributed by atoms with Gasteiger partial charge in [-0.05, 0) is 12.8 Å². The number of nitrogens with two attached hydrogens (primary N) is 1. The predicted octanol–water partition coefficient (Wildman–Crippen LogP) is -0.107. The molecule has 0 amide bonds. The molecule has 10 heavy (non-hydrogen) atoms. The van der Waals surface area contributed by atoms with E-state index in [1.165, 1.54) is 0 Å². The fourth-order valence-electron chi connectivity index (χ4n) is 1.70. The highest BCUT2D eigenvalue weighted by Crippen LogP contribution is 2.33. The lowest BCUT2D eigenvalue weighted by Gasteiger charge is -2.31. The van der Waals surface area contributed by atoms with Crippen molar-refractivity contribution < 1.29 is 9.47 Å². The molecule has 0 aromatic carbocycles. The van der Waals surface area contributed by atoms with Gasteiger partial charge in [0.1, 0.15) is 5.60 Å². The van der Waals surface area contributed by atoms with Crippen LogP contribution >= 0.6 is 0 Å². The van der Waals surface area contributed by atoms with E-state index in [9.17, 15) is 0 Å². The Morgan fingerprint density at radius 3 is 3.20 bits per heavy atom. The molecule has 2 rings (SSSR count). The monoisotopic (exact) mass is 143 g/mol. The van der Waals surface area contributed by atoms with Crippen LogP contribution in [0.1, 0.15) is 12.8 Å². The second kappa shape index (κ2) is 2.19. The summed E-state index contributed by atoms with van der Waals surface area (Å²) in [5.74, 6) is 0. The third kappa shape index (κ3) is 0.856. The van der Waals surface area contributed by atoms with Crippen LogP contribution in [0.3, 0.4) is 0 Å². The van der Waals surface area contributed by atoms with E-state index in [2.05, 4.69) is 0 Å². The smallest absolute Gasteiger partial charge is 0.104 e. The van der Waals surface area contributed by atoms with Gasteiger partial charge >= 0.3 is 0 Å². The highest BCUT2D eigenvalue weighted by atomic mass is 16.6. The van der Waals surface area contributed by atoms with Crippen molar-refractivity contribution in [2.75, 3.05) is 19.8 Å². The molecule has 0 spiro atoms. The van der Waals surface area contributed by atoms with Gasteiger partial charge in [-0.3, -0.25) is 0 Å². The summed E-state index contributed by atoms with van der Waals surface area (Å²) in [6.07, 6.45) is 2.53. The largest absolute Gasteiger partial charge is 0.376 e. The van der Waals surface area contributed by atoms with Crippen LogP contribution in [0.4, 0.5) is 0 Å². The van der Waals surface area contributed by atoms with Crippen LogP contribution in [-0.4, -0.2) is 31.5 Å². The van der Waals surface area contributed by atoms with E-state index < -0.39 is 0 Å². The van der Waals surface area contributed by atoms with E-state index in [0.29, 0.717) is 19.3 Å². The molecule has 0 aromatic heterocycles. The Hall–Kier alpha value is -0.120. The normalized spacial score (nSPS) is 45.9. The van der Waals surface area contributed by atoms with Crippen molar-refractivity contribution in [3.05, 3.63) is 0 Å². The lowest BCUT2D eigenvalue weighted by molar-refractivity contribution is -0.153. The minimum absolute atomic E-state index is 0.108. The van der Waals surface area contributed by atoms with Crippen LogP contribution in [-0.2, 0) is 9.47 Å².